The zero-order valence-corrected chi connectivity index (χ0v) is 9.92. The lowest BCUT2D eigenvalue weighted by Crippen LogP contribution is -2.39. The van der Waals surface area contributed by atoms with Crippen LogP contribution < -0.4 is 4.90 Å². The van der Waals surface area contributed by atoms with E-state index in [0.29, 0.717) is 13.0 Å². The normalized spacial score (nSPS) is 30.6. The monoisotopic (exact) mass is 238 g/mol. The number of aryl methyl sites for hydroxylation is 1. The minimum Gasteiger partial charge on any atom is -0.356 e. The Hall–Kier alpha value is -1.19. The van der Waals surface area contributed by atoms with Crippen molar-refractivity contribution in [1.82, 2.24) is 4.98 Å². The summed E-state index contributed by atoms with van der Waals surface area (Å²) in [5, 5.41) is 0. The predicted octanol–water partition coefficient (Wildman–Crippen LogP) is 3.02. The number of aromatic nitrogens is 1. The van der Waals surface area contributed by atoms with Gasteiger partial charge in [-0.05, 0) is 31.4 Å². The van der Waals surface area contributed by atoms with Gasteiger partial charge in [-0.25, -0.2) is 13.8 Å². The highest BCUT2D eigenvalue weighted by Gasteiger charge is 2.71. The number of halogens is 2. The van der Waals surface area contributed by atoms with Crippen LogP contribution in [-0.4, -0.2) is 24.0 Å². The molecule has 1 saturated heterocycles. The number of hydrogen-bond donors (Lipinski definition) is 0. The first kappa shape index (κ1) is 10.9. The molecule has 1 saturated carbocycles. The molecule has 4 heteroatoms. The Labute approximate surface area is 99.6 Å². The zero-order chi connectivity index (χ0) is 12.1. The third-order valence-electron chi connectivity index (χ3n) is 4.01. The lowest BCUT2D eigenvalue weighted by atomic mass is 9.94. The Morgan fingerprint density at radius 3 is 2.71 bits per heavy atom. The van der Waals surface area contributed by atoms with Crippen molar-refractivity contribution in [2.75, 3.05) is 18.0 Å². The van der Waals surface area contributed by atoms with Gasteiger partial charge in [0.05, 0.1) is 5.41 Å². The van der Waals surface area contributed by atoms with Crippen LogP contribution in [0, 0.1) is 12.3 Å². The van der Waals surface area contributed by atoms with E-state index in [1.807, 2.05) is 24.0 Å². The van der Waals surface area contributed by atoms with Gasteiger partial charge >= 0.3 is 0 Å². The van der Waals surface area contributed by atoms with Gasteiger partial charge in [-0.15, -0.1) is 0 Å². The molecule has 2 heterocycles. The van der Waals surface area contributed by atoms with Gasteiger partial charge in [-0.1, -0.05) is 6.07 Å². The van der Waals surface area contributed by atoms with Gasteiger partial charge < -0.3 is 4.90 Å². The predicted molar refractivity (Wildman–Crippen MR) is 62.4 cm³/mol. The Balaban J connectivity index is 1.79. The number of alkyl halides is 2. The molecule has 0 radical (unpaired) electrons. The van der Waals surface area contributed by atoms with Gasteiger partial charge in [0.1, 0.15) is 5.82 Å². The number of piperidine rings is 1. The van der Waals surface area contributed by atoms with E-state index in [2.05, 4.69) is 4.98 Å². The molecule has 0 amide bonds. The molecule has 0 bridgehead atoms. The first-order valence-electron chi connectivity index (χ1n) is 6.08. The molecule has 1 aliphatic carbocycles. The first-order valence-corrected chi connectivity index (χ1v) is 6.08. The summed E-state index contributed by atoms with van der Waals surface area (Å²) >= 11 is 0. The molecule has 1 aromatic rings. The molecule has 3 rings (SSSR count). The molecule has 17 heavy (non-hydrogen) atoms. The number of rotatable bonds is 1. The van der Waals surface area contributed by atoms with Crippen molar-refractivity contribution in [3.8, 4) is 0 Å². The number of anilines is 1. The van der Waals surface area contributed by atoms with Crippen molar-refractivity contribution < 1.29 is 8.78 Å². The minimum absolute atomic E-state index is 0.0579. The number of nitrogens with zero attached hydrogens (tertiary/aromatic N) is 2. The summed E-state index contributed by atoms with van der Waals surface area (Å²) in [7, 11) is 0. The summed E-state index contributed by atoms with van der Waals surface area (Å²) in [5.41, 5.74) is 0.342. The molecule has 1 spiro atoms. The van der Waals surface area contributed by atoms with Crippen molar-refractivity contribution in [2.45, 2.75) is 32.1 Å². The van der Waals surface area contributed by atoms with Gasteiger partial charge in [0.2, 0.25) is 0 Å². The molecule has 1 aromatic heterocycles. The Morgan fingerprint density at radius 2 is 2.12 bits per heavy atom. The SMILES string of the molecule is Cc1ccc(N2CCCC3(C2)CC3(F)F)nc1. The van der Waals surface area contributed by atoms with Crippen LogP contribution in [0.5, 0.6) is 0 Å². The number of pyridine rings is 1. The molecular formula is C13H16F2N2. The van der Waals surface area contributed by atoms with Crippen molar-refractivity contribution >= 4 is 5.82 Å². The summed E-state index contributed by atoms with van der Waals surface area (Å²) in [6, 6.07) is 3.91. The second-order valence-corrected chi connectivity index (χ2v) is 5.38. The first-order chi connectivity index (χ1) is 8.02. The van der Waals surface area contributed by atoms with E-state index in [4.69, 9.17) is 0 Å². The van der Waals surface area contributed by atoms with Gasteiger partial charge in [0.15, 0.2) is 0 Å². The van der Waals surface area contributed by atoms with E-state index in [9.17, 15) is 8.78 Å². The molecule has 1 unspecified atom stereocenters. The Kier molecular flexibility index (Phi) is 2.19. The molecule has 2 aliphatic rings. The van der Waals surface area contributed by atoms with Gasteiger partial charge in [-0.2, -0.15) is 0 Å². The summed E-state index contributed by atoms with van der Waals surface area (Å²) in [6.45, 7) is 3.27. The summed E-state index contributed by atoms with van der Waals surface area (Å²) < 4.78 is 26.8. The molecular weight excluding hydrogens is 222 g/mol. The molecule has 1 aliphatic heterocycles. The second kappa shape index (κ2) is 3.40. The largest absolute Gasteiger partial charge is 0.356 e. The Bertz CT molecular complexity index is 430. The van der Waals surface area contributed by atoms with E-state index in [1.54, 1.807) is 6.20 Å². The molecule has 0 N–H and O–H groups in total. The van der Waals surface area contributed by atoms with Crippen LogP contribution >= 0.6 is 0 Å². The Morgan fingerprint density at radius 1 is 1.35 bits per heavy atom. The number of hydrogen-bond acceptors (Lipinski definition) is 2. The van der Waals surface area contributed by atoms with Crippen LogP contribution in [0.15, 0.2) is 18.3 Å². The van der Waals surface area contributed by atoms with Crippen LogP contribution in [0.4, 0.5) is 14.6 Å². The van der Waals surface area contributed by atoms with E-state index < -0.39 is 11.3 Å². The topological polar surface area (TPSA) is 16.1 Å². The van der Waals surface area contributed by atoms with Crippen molar-refractivity contribution in [3.63, 3.8) is 0 Å². The summed E-state index contributed by atoms with van der Waals surface area (Å²) in [4.78, 5) is 6.33. The lowest BCUT2D eigenvalue weighted by molar-refractivity contribution is 0.0575. The fourth-order valence-corrected chi connectivity index (χ4v) is 2.80. The highest BCUT2D eigenvalue weighted by atomic mass is 19.3. The van der Waals surface area contributed by atoms with E-state index >= 15 is 0 Å². The van der Waals surface area contributed by atoms with Crippen molar-refractivity contribution in [1.29, 1.82) is 0 Å². The maximum atomic E-state index is 13.4. The van der Waals surface area contributed by atoms with E-state index in [1.165, 1.54) is 0 Å². The van der Waals surface area contributed by atoms with Crippen LogP contribution in [-0.2, 0) is 0 Å². The lowest BCUT2D eigenvalue weighted by Gasteiger charge is -2.33. The summed E-state index contributed by atoms with van der Waals surface area (Å²) in [5.74, 6) is -1.62. The molecule has 92 valence electrons. The van der Waals surface area contributed by atoms with E-state index in [-0.39, 0.29) is 6.42 Å². The van der Waals surface area contributed by atoms with Crippen molar-refractivity contribution in [2.24, 2.45) is 5.41 Å². The fourth-order valence-electron chi connectivity index (χ4n) is 2.80. The highest BCUT2D eigenvalue weighted by Crippen LogP contribution is 2.64. The fraction of sp³-hybridized carbons (Fsp3) is 0.615. The van der Waals surface area contributed by atoms with E-state index in [0.717, 1.165) is 24.3 Å². The third-order valence-corrected chi connectivity index (χ3v) is 4.01. The van der Waals surface area contributed by atoms with Crippen LogP contribution in [0.25, 0.3) is 0 Å². The maximum Gasteiger partial charge on any atom is 0.256 e. The minimum atomic E-state index is -2.45. The molecule has 2 fully saturated rings. The van der Waals surface area contributed by atoms with Gasteiger partial charge in [0, 0.05) is 25.7 Å². The molecule has 1 atom stereocenters. The smallest absolute Gasteiger partial charge is 0.256 e. The second-order valence-electron chi connectivity index (χ2n) is 5.38. The third kappa shape index (κ3) is 1.70. The quantitative estimate of drug-likeness (QED) is 0.747. The van der Waals surface area contributed by atoms with Gasteiger partial charge in [0.25, 0.3) is 5.92 Å². The average molecular weight is 238 g/mol. The van der Waals surface area contributed by atoms with Crippen LogP contribution in [0.3, 0.4) is 0 Å². The maximum absolute atomic E-state index is 13.4. The van der Waals surface area contributed by atoms with Gasteiger partial charge in [-0.3, -0.25) is 0 Å². The van der Waals surface area contributed by atoms with Crippen molar-refractivity contribution in [3.05, 3.63) is 23.9 Å². The van der Waals surface area contributed by atoms with Crippen LogP contribution in [0.1, 0.15) is 24.8 Å². The standard InChI is InChI=1S/C13H16F2N2/c1-10-3-4-11(16-7-10)17-6-2-5-12(9-17)8-13(12,14)15/h3-4,7H,2,5-6,8-9H2,1H3. The average Bonchev–Trinajstić information content (AvgIpc) is 2.80. The molecule has 2 nitrogen and oxygen atoms in total. The molecule has 0 aromatic carbocycles. The highest BCUT2D eigenvalue weighted by molar-refractivity contribution is 5.41. The summed E-state index contributed by atoms with van der Waals surface area (Å²) in [6.07, 6.45) is 3.34. The van der Waals surface area contributed by atoms with Crippen LogP contribution in [0.2, 0.25) is 0 Å². The zero-order valence-electron chi connectivity index (χ0n) is 9.92.